The van der Waals surface area contributed by atoms with E-state index < -0.39 is 0 Å². The Labute approximate surface area is 118 Å². The fourth-order valence-corrected chi connectivity index (χ4v) is 1.81. The molecule has 0 aliphatic rings. The first-order valence-electron chi connectivity index (χ1n) is 6.18. The maximum Gasteiger partial charge on any atom is 0.224 e. The molecule has 2 rings (SSSR count). The van der Waals surface area contributed by atoms with Crippen molar-refractivity contribution in [2.75, 3.05) is 31.9 Å². The number of rotatable bonds is 5. The molecule has 0 fully saturated rings. The summed E-state index contributed by atoms with van der Waals surface area (Å²) in [6.45, 7) is 1.92. The minimum atomic E-state index is 0.577. The zero-order valence-corrected chi connectivity index (χ0v) is 12.0. The SMILES string of the molecule is CNc1nc(C)cc(Nc2ccc(OC)c(OC)c2)n1. The van der Waals surface area contributed by atoms with Crippen LogP contribution in [0.3, 0.4) is 0 Å². The summed E-state index contributed by atoms with van der Waals surface area (Å²) >= 11 is 0. The van der Waals surface area contributed by atoms with Gasteiger partial charge in [0.15, 0.2) is 11.5 Å². The van der Waals surface area contributed by atoms with Crippen LogP contribution in [0.5, 0.6) is 11.5 Å². The van der Waals surface area contributed by atoms with Crippen molar-refractivity contribution in [3.63, 3.8) is 0 Å². The first kappa shape index (κ1) is 13.9. The molecule has 2 aromatic rings. The van der Waals surface area contributed by atoms with Crippen LogP contribution < -0.4 is 20.1 Å². The first-order chi connectivity index (χ1) is 9.66. The summed E-state index contributed by atoms with van der Waals surface area (Å²) in [6, 6.07) is 7.47. The lowest BCUT2D eigenvalue weighted by atomic mass is 10.2. The van der Waals surface area contributed by atoms with E-state index in [-0.39, 0.29) is 0 Å². The number of hydrogen-bond acceptors (Lipinski definition) is 6. The van der Waals surface area contributed by atoms with E-state index in [1.54, 1.807) is 21.3 Å². The second-order valence-corrected chi connectivity index (χ2v) is 4.16. The highest BCUT2D eigenvalue weighted by molar-refractivity contribution is 5.62. The summed E-state index contributed by atoms with van der Waals surface area (Å²) < 4.78 is 10.5. The van der Waals surface area contributed by atoms with E-state index in [2.05, 4.69) is 20.6 Å². The van der Waals surface area contributed by atoms with Gasteiger partial charge in [-0.25, -0.2) is 4.98 Å². The number of hydrogen-bond donors (Lipinski definition) is 2. The van der Waals surface area contributed by atoms with Crippen LogP contribution in [-0.4, -0.2) is 31.2 Å². The van der Waals surface area contributed by atoms with Crippen LogP contribution in [0.1, 0.15) is 5.69 Å². The average molecular weight is 274 g/mol. The van der Waals surface area contributed by atoms with Gasteiger partial charge in [0, 0.05) is 30.6 Å². The Hall–Kier alpha value is -2.50. The maximum absolute atomic E-state index is 5.27. The monoisotopic (exact) mass is 274 g/mol. The predicted octanol–water partition coefficient (Wildman–Crippen LogP) is 2.59. The number of nitrogens with one attached hydrogen (secondary N) is 2. The third-order valence-electron chi connectivity index (χ3n) is 2.73. The van der Waals surface area contributed by atoms with Gasteiger partial charge in [-0.05, 0) is 19.1 Å². The highest BCUT2D eigenvalue weighted by Crippen LogP contribution is 2.30. The number of aromatic nitrogens is 2. The molecule has 0 amide bonds. The fourth-order valence-electron chi connectivity index (χ4n) is 1.81. The smallest absolute Gasteiger partial charge is 0.224 e. The molecule has 2 N–H and O–H groups in total. The number of benzene rings is 1. The fraction of sp³-hybridized carbons (Fsp3) is 0.286. The molecule has 6 nitrogen and oxygen atoms in total. The van der Waals surface area contributed by atoms with Crippen molar-refractivity contribution in [2.24, 2.45) is 0 Å². The van der Waals surface area contributed by atoms with Gasteiger partial charge in [-0.15, -0.1) is 0 Å². The molecule has 0 bridgehead atoms. The van der Waals surface area contributed by atoms with Gasteiger partial charge in [0.1, 0.15) is 5.82 Å². The van der Waals surface area contributed by atoms with Gasteiger partial charge in [-0.3, -0.25) is 0 Å². The Kier molecular flexibility index (Phi) is 4.24. The van der Waals surface area contributed by atoms with E-state index in [1.807, 2.05) is 31.2 Å². The zero-order valence-electron chi connectivity index (χ0n) is 12.0. The second-order valence-electron chi connectivity index (χ2n) is 4.16. The lowest BCUT2D eigenvalue weighted by molar-refractivity contribution is 0.355. The van der Waals surface area contributed by atoms with Gasteiger partial charge in [0.05, 0.1) is 14.2 Å². The minimum absolute atomic E-state index is 0.577. The van der Waals surface area contributed by atoms with Crippen molar-refractivity contribution in [1.82, 2.24) is 9.97 Å². The minimum Gasteiger partial charge on any atom is -0.493 e. The summed E-state index contributed by atoms with van der Waals surface area (Å²) in [5.74, 6) is 2.65. The van der Waals surface area contributed by atoms with Crippen molar-refractivity contribution >= 4 is 17.5 Å². The molecule has 0 aliphatic heterocycles. The number of ether oxygens (including phenoxy) is 2. The van der Waals surface area contributed by atoms with Crippen LogP contribution in [0.2, 0.25) is 0 Å². The van der Waals surface area contributed by atoms with Crippen LogP contribution in [-0.2, 0) is 0 Å². The summed E-state index contributed by atoms with van der Waals surface area (Å²) in [5.41, 5.74) is 1.75. The lowest BCUT2D eigenvalue weighted by Crippen LogP contribution is -2.02. The Morgan fingerprint density at radius 2 is 1.75 bits per heavy atom. The Balaban J connectivity index is 2.27. The molecule has 0 spiro atoms. The van der Waals surface area contributed by atoms with Gasteiger partial charge < -0.3 is 20.1 Å². The highest BCUT2D eigenvalue weighted by Gasteiger charge is 2.06. The topological polar surface area (TPSA) is 68.3 Å². The van der Waals surface area contributed by atoms with Crippen molar-refractivity contribution in [2.45, 2.75) is 6.92 Å². The lowest BCUT2D eigenvalue weighted by Gasteiger charge is -2.11. The normalized spacial score (nSPS) is 10.0. The van der Waals surface area contributed by atoms with Gasteiger partial charge in [0.2, 0.25) is 5.95 Å². The maximum atomic E-state index is 5.27. The molecule has 1 aromatic heterocycles. The quantitative estimate of drug-likeness (QED) is 0.873. The molecular weight excluding hydrogens is 256 g/mol. The summed E-state index contributed by atoms with van der Waals surface area (Å²) in [5, 5.41) is 6.15. The predicted molar refractivity (Wildman–Crippen MR) is 79.1 cm³/mol. The van der Waals surface area contributed by atoms with Crippen molar-refractivity contribution in [3.8, 4) is 11.5 Å². The third-order valence-corrected chi connectivity index (χ3v) is 2.73. The van der Waals surface area contributed by atoms with Crippen LogP contribution in [0, 0.1) is 6.92 Å². The number of aryl methyl sites for hydroxylation is 1. The van der Waals surface area contributed by atoms with Crippen LogP contribution in [0.15, 0.2) is 24.3 Å². The highest BCUT2D eigenvalue weighted by atomic mass is 16.5. The molecule has 6 heteroatoms. The number of anilines is 3. The van der Waals surface area contributed by atoms with Crippen molar-refractivity contribution < 1.29 is 9.47 Å². The van der Waals surface area contributed by atoms with Crippen molar-refractivity contribution in [3.05, 3.63) is 30.0 Å². The Bertz CT molecular complexity index is 602. The first-order valence-corrected chi connectivity index (χ1v) is 6.18. The van der Waals surface area contributed by atoms with E-state index >= 15 is 0 Å². The van der Waals surface area contributed by atoms with Crippen LogP contribution in [0.25, 0.3) is 0 Å². The third kappa shape index (κ3) is 3.09. The average Bonchev–Trinajstić information content (AvgIpc) is 2.46. The van der Waals surface area contributed by atoms with Gasteiger partial charge in [-0.2, -0.15) is 4.98 Å². The Morgan fingerprint density at radius 1 is 1.00 bits per heavy atom. The standard InChI is InChI=1S/C14H18N4O2/c1-9-7-13(18-14(15-2)16-9)17-10-5-6-11(19-3)12(8-10)20-4/h5-8H,1-4H3,(H2,15,16,17,18). The van der Waals surface area contributed by atoms with Crippen molar-refractivity contribution in [1.29, 1.82) is 0 Å². The summed E-state index contributed by atoms with van der Waals surface area (Å²) in [6.07, 6.45) is 0. The molecule has 0 aliphatic carbocycles. The summed E-state index contributed by atoms with van der Waals surface area (Å²) in [4.78, 5) is 8.59. The molecule has 20 heavy (non-hydrogen) atoms. The van der Waals surface area contributed by atoms with E-state index in [0.717, 1.165) is 11.4 Å². The molecule has 0 radical (unpaired) electrons. The van der Waals surface area contributed by atoms with Crippen LogP contribution >= 0.6 is 0 Å². The number of nitrogens with zero attached hydrogens (tertiary/aromatic N) is 2. The zero-order chi connectivity index (χ0) is 14.5. The number of methoxy groups -OCH3 is 2. The Morgan fingerprint density at radius 3 is 2.40 bits per heavy atom. The largest absolute Gasteiger partial charge is 0.493 e. The molecule has 1 heterocycles. The van der Waals surface area contributed by atoms with E-state index in [9.17, 15) is 0 Å². The molecule has 0 saturated carbocycles. The van der Waals surface area contributed by atoms with Gasteiger partial charge >= 0.3 is 0 Å². The summed E-state index contributed by atoms with van der Waals surface area (Å²) in [7, 11) is 5.00. The molecular formula is C14H18N4O2. The molecule has 0 saturated heterocycles. The van der Waals surface area contributed by atoms with E-state index in [0.29, 0.717) is 23.3 Å². The van der Waals surface area contributed by atoms with Gasteiger partial charge in [-0.1, -0.05) is 0 Å². The van der Waals surface area contributed by atoms with E-state index in [1.165, 1.54) is 0 Å². The van der Waals surface area contributed by atoms with E-state index in [4.69, 9.17) is 9.47 Å². The molecule has 1 aromatic carbocycles. The van der Waals surface area contributed by atoms with Gasteiger partial charge in [0.25, 0.3) is 0 Å². The molecule has 106 valence electrons. The van der Waals surface area contributed by atoms with Crippen LogP contribution in [0.4, 0.5) is 17.5 Å². The molecule has 0 atom stereocenters. The second kappa shape index (κ2) is 6.10. The molecule has 0 unspecified atom stereocenters.